The molecule has 1 saturated carbocycles. The second-order valence-corrected chi connectivity index (χ2v) is 6.61. The molecular weight excluding hydrogens is 295 g/mol. The van der Waals surface area contributed by atoms with Crippen molar-refractivity contribution in [2.45, 2.75) is 44.6 Å². The van der Waals surface area contributed by atoms with Crippen LogP contribution < -0.4 is 5.32 Å². The minimum Gasteiger partial charge on any atom is -0.352 e. The first-order valence-electron chi connectivity index (χ1n) is 8.43. The Morgan fingerprint density at radius 2 is 2.00 bits per heavy atom. The second-order valence-electron chi connectivity index (χ2n) is 6.61. The second kappa shape index (κ2) is 7.11. The van der Waals surface area contributed by atoms with E-state index in [1.165, 1.54) is 12.1 Å². The maximum absolute atomic E-state index is 13.0. The van der Waals surface area contributed by atoms with Crippen LogP contribution in [0, 0.1) is 11.7 Å². The van der Waals surface area contributed by atoms with Gasteiger partial charge in [0.15, 0.2) is 0 Å². The Morgan fingerprint density at radius 1 is 1.22 bits per heavy atom. The van der Waals surface area contributed by atoms with E-state index in [1.54, 1.807) is 4.90 Å². The Morgan fingerprint density at radius 3 is 2.70 bits per heavy atom. The maximum Gasteiger partial charge on any atom is 0.239 e. The third-order valence-electron chi connectivity index (χ3n) is 4.92. The third kappa shape index (κ3) is 4.09. The summed E-state index contributed by atoms with van der Waals surface area (Å²) in [6.07, 6.45) is 5.41. The number of nitrogens with zero attached hydrogens (tertiary/aromatic N) is 1. The highest BCUT2D eigenvalue weighted by molar-refractivity contribution is 5.85. The van der Waals surface area contributed by atoms with E-state index in [-0.39, 0.29) is 30.2 Å². The minimum absolute atomic E-state index is 0.0590. The van der Waals surface area contributed by atoms with Gasteiger partial charge in [0.25, 0.3) is 0 Å². The van der Waals surface area contributed by atoms with Crippen LogP contribution in [0.2, 0.25) is 0 Å². The minimum atomic E-state index is -0.222. The number of halogens is 1. The van der Waals surface area contributed by atoms with Gasteiger partial charge < -0.3 is 10.2 Å². The highest BCUT2D eigenvalue weighted by atomic mass is 19.1. The summed E-state index contributed by atoms with van der Waals surface area (Å²) in [5, 5.41) is 3.10. The van der Waals surface area contributed by atoms with Gasteiger partial charge in [-0.05, 0) is 49.3 Å². The van der Waals surface area contributed by atoms with Crippen molar-refractivity contribution in [3.63, 3.8) is 0 Å². The molecule has 1 N–H and O–H groups in total. The van der Waals surface area contributed by atoms with Gasteiger partial charge in [-0.25, -0.2) is 4.39 Å². The molecule has 1 aliphatic heterocycles. The molecule has 0 spiro atoms. The van der Waals surface area contributed by atoms with Gasteiger partial charge in [-0.15, -0.1) is 0 Å². The highest BCUT2D eigenvalue weighted by Gasteiger charge is 2.30. The van der Waals surface area contributed by atoms with Gasteiger partial charge in [0.2, 0.25) is 11.8 Å². The molecule has 1 aromatic rings. The molecule has 4 nitrogen and oxygen atoms in total. The van der Waals surface area contributed by atoms with Crippen LogP contribution in [-0.2, 0) is 16.0 Å². The fourth-order valence-corrected chi connectivity index (χ4v) is 3.69. The van der Waals surface area contributed by atoms with Crippen molar-refractivity contribution in [3.8, 4) is 0 Å². The summed E-state index contributed by atoms with van der Waals surface area (Å²) in [5.41, 5.74) is 1.10. The molecule has 2 aliphatic rings. The predicted molar refractivity (Wildman–Crippen MR) is 85.2 cm³/mol. The van der Waals surface area contributed by atoms with Crippen LogP contribution in [-0.4, -0.2) is 35.8 Å². The average Bonchev–Trinajstić information content (AvgIpc) is 3.12. The first-order chi connectivity index (χ1) is 11.1. The first-order valence-corrected chi connectivity index (χ1v) is 8.43. The van der Waals surface area contributed by atoms with Crippen molar-refractivity contribution >= 4 is 11.8 Å². The fourth-order valence-electron chi connectivity index (χ4n) is 3.69. The Labute approximate surface area is 136 Å². The number of amides is 2. The lowest BCUT2D eigenvalue weighted by Gasteiger charge is -2.23. The lowest BCUT2D eigenvalue weighted by atomic mass is 9.94. The Balaban J connectivity index is 1.53. The van der Waals surface area contributed by atoms with E-state index < -0.39 is 0 Å². The van der Waals surface area contributed by atoms with E-state index in [1.807, 2.05) is 12.1 Å². The number of benzene rings is 1. The van der Waals surface area contributed by atoms with Gasteiger partial charge in [-0.3, -0.25) is 9.59 Å². The van der Waals surface area contributed by atoms with Crippen LogP contribution in [0.5, 0.6) is 0 Å². The van der Waals surface area contributed by atoms with E-state index in [2.05, 4.69) is 5.32 Å². The zero-order valence-electron chi connectivity index (χ0n) is 13.3. The van der Waals surface area contributed by atoms with Gasteiger partial charge in [-0.2, -0.15) is 0 Å². The van der Waals surface area contributed by atoms with Crippen molar-refractivity contribution < 1.29 is 14.0 Å². The number of hydrogen-bond donors (Lipinski definition) is 1. The standard InChI is InChI=1S/C18H23FN2O2/c19-15-8-6-13(7-9-15)11-14-3-1-4-16(14)20-17(22)12-21-10-2-5-18(21)23/h6-9,14,16H,1-5,10-12H2,(H,20,22)/t14-,16-/m1/s1. The van der Waals surface area contributed by atoms with E-state index in [0.717, 1.165) is 37.7 Å². The van der Waals surface area contributed by atoms with Gasteiger partial charge in [-0.1, -0.05) is 18.6 Å². The lowest BCUT2D eigenvalue weighted by molar-refractivity contribution is -0.133. The molecule has 124 valence electrons. The van der Waals surface area contributed by atoms with Crippen molar-refractivity contribution in [2.24, 2.45) is 5.92 Å². The number of nitrogens with one attached hydrogen (secondary N) is 1. The van der Waals surface area contributed by atoms with Crippen molar-refractivity contribution in [2.75, 3.05) is 13.1 Å². The summed E-state index contributed by atoms with van der Waals surface area (Å²) < 4.78 is 13.0. The van der Waals surface area contributed by atoms with E-state index >= 15 is 0 Å². The van der Waals surface area contributed by atoms with Gasteiger partial charge >= 0.3 is 0 Å². The molecule has 0 unspecified atom stereocenters. The number of hydrogen-bond acceptors (Lipinski definition) is 2. The topological polar surface area (TPSA) is 49.4 Å². The fraction of sp³-hybridized carbons (Fsp3) is 0.556. The normalized spacial score (nSPS) is 24.2. The smallest absolute Gasteiger partial charge is 0.239 e. The van der Waals surface area contributed by atoms with E-state index in [9.17, 15) is 14.0 Å². The summed E-state index contributed by atoms with van der Waals surface area (Å²) in [7, 11) is 0. The van der Waals surface area contributed by atoms with E-state index in [4.69, 9.17) is 0 Å². The third-order valence-corrected chi connectivity index (χ3v) is 4.92. The molecule has 1 heterocycles. The molecule has 2 amide bonds. The molecule has 2 atom stereocenters. The van der Waals surface area contributed by atoms with Crippen LogP contribution >= 0.6 is 0 Å². The average molecular weight is 318 g/mol. The summed E-state index contributed by atoms with van der Waals surface area (Å²) in [6, 6.07) is 6.75. The van der Waals surface area contributed by atoms with Crippen molar-refractivity contribution in [1.29, 1.82) is 0 Å². The summed E-state index contributed by atoms with van der Waals surface area (Å²) in [4.78, 5) is 25.4. The Kier molecular flexibility index (Phi) is 4.94. The van der Waals surface area contributed by atoms with Crippen molar-refractivity contribution in [3.05, 3.63) is 35.6 Å². The monoisotopic (exact) mass is 318 g/mol. The SMILES string of the molecule is O=C(CN1CCCC1=O)N[C@@H]1CCC[C@@H]1Cc1ccc(F)cc1. The quantitative estimate of drug-likeness (QED) is 0.905. The Bertz CT molecular complexity index is 573. The van der Waals surface area contributed by atoms with Gasteiger partial charge in [0.05, 0.1) is 6.54 Å². The van der Waals surface area contributed by atoms with Gasteiger partial charge in [0.1, 0.15) is 5.82 Å². The molecule has 1 aromatic carbocycles. The maximum atomic E-state index is 13.0. The van der Waals surface area contributed by atoms with E-state index in [0.29, 0.717) is 18.9 Å². The molecule has 1 aliphatic carbocycles. The Hall–Kier alpha value is -1.91. The number of carbonyl (C=O) groups excluding carboxylic acids is 2. The van der Waals surface area contributed by atoms with Crippen LogP contribution in [0.1, 0.15) is 37.7 Å². The summed E-state index contributed by atoms with van der Waals surface area (Å²) in [6.45, 7) is 0.870. The van der Waals surface area contributed by atoms with Crippen molar-refractivity contribution in [1.82, 2.24) is 10.2 Å². The lowest BCUT2D eigenvalue weighted by Crippen LogP contribution is -2.44. The molecule has 5 heteroatoms. The van der Waals surface area contributed by atoms with Crippen LogP contribution in [0.3, 0.4) is 0 Å². The molecular formula is C18H23FN2O2. The first kappa shape index (κ1) is 16.0. The highest BCUT2D eigenvalue weighted by Crippen LogP contribution is 2.29. The predicted octanol–water partition coefficient (Wildman–Crippen LogP) is 2.28. The molecule has 23 heavy (non-hydrogen) atoms. The van der Waals surface area contributed by atoms with Crippen LogP contribution in [0.25, 0.3) is 0 Å². The molecule has 0 bridgehead atoms. The molecule has 1 saturated heterocycles. The molecule has 0 radical (unpaired) electrons. The zero-order valence-corrected chi connectivity index (χ0v) is 13.3. The molecule has 2 fully saturated rings. The van der Waals surface area contributed by atoms with Crippen LogP contribution in [0.15, 0.2) is 24.3 Å². The van der Waals surface area contributed by atoms with Crippen LogP contribution in [0.4, 0.5) is 4.39 Å². The summed E-state index contributed by atoms with van der Waals surface area (Å²) in [5.74, 6) is 0.185. The zero-order chi connectivity index (χ0) is 16.2. The number of likely N-dealkylation sites (tertiary alicyclic amines) is 1. The summed E-state index contributed by atoms with van der Waals surface area (Å²) >= 11 is 0. The van der Waals surface area contributed by atoms with Gasteiger partial charge in [0, 0.05) is 19.0 Å². The largest absolute Gasteiger partial charge is 0.352 e. The number of rotatable bonds is 5. The molecule has 0 aromatic heterocycles. The molecule has 3 rings (SSSR count). The number of carbonyl (C=O) groups is 2.